The number of pyridine rings is 1. The number of nitrogens with one attached hydrogen (secondary N) is 1. The minimum Gasteiger partial charge on any atom is -0.365 e. The molecule has 0 bridgehead atoms. The molecule has 1 atom stereocenters. The quantitative estimate of drug-likeness (QED) is 0.813. The SMILES string of the molecule is CC(C)CC(CN)Nc1ncccc1Cl. The van der Waals surface area contributed by atoms with Crippen LogP contribution < -0.4 is 11.1 Å². The Morgan fingerprint density at radius 1 is 1.53 bits per heavy atom. The second-order valence-electron chi connectivity index (χ2n) is 4.04. The fourth-order valence-electron chi connectivity index (χ4n) is 1.47. The molecule has 3 N–H and O–H groups in total. The van der Waals surface area contributed by atoms with E-state index in [1.54, 1.807) is 6.20 Å². The van der Waals surface area contributed by atoms with Crippen LogP contribution in [0.25, 0.3) is 0 Å². The molecule has 1 unspecified atom stereocenters. The topological polar surface area (TPSA) is 50.9 Å². The van der Waals surface area contributed by atoms with Crippen molar-refractivity contribution in [3.63, 3.8) is 0 Å². The van der Waals surface area contributed by atoms with Crippen LogP contribution in [0, 0.1) is 5.92 Å². The summed E-state index contributed by atoms with van der Waals surface area (Å²) in [6.07, 6.45) is 2.74. The molecule has 1 heterocycles. The molecule has 0 aliphatic carbocycles. The summed E-state index contributed by atoms with van der Waals surface area (Å²) in [5.41, 5.74) is 5.69. The predicted octanol–water partition coefficient (Wildman–Crippen LogP) is 2.52. The van der Waals surface area contributed by atoms with Gasteiger partial charge in [-0.2, -0.15) is 0 Å². The number of nitrogens with zero attached hydrogens (tertiary/aromatic N) is 1. The first kappa shape index (κ1) is 12.3. The molecule has 0 aliphatic rings. The fraction of sp³-hybridized carbons (Fsp3) is 0.545. The zero-order chi connectivity index (χ0) is 11.3. The second kappa shape index (κ2) is 5.93. The second-order valence-corrected chi connectivity index (χ2v) is 4.45. The van der Waals surface area contributed by atoms with Gasteiger partial charge in [0.15, 0.2) is 0 Å². The van der Waals surface area contributed by atoms with E-state index >= 15 is 0 Å². The van der Waals surface area contributed by atoms with Gasteiger partial charge in [0.05, 0.1) is 5.02 Å². The molecule has 84 valence electrons. The number of nitrogens with two attached hydrogens (primary N) is 1. The van der Waals surface area contributed by atoms with Gasteiger partial charge < -0.3 is 11.1 Å². The molecule has 0 saturated heterocycles. The van der Waals surface area contributed by atoms with E-state index in [4.69, 9.17) is 17.3 Å². The Balaban J connectivity index is 2.62. The van der Waals surface area contributed by atoms with Crippen LogP contribution >= 0.6 is 11.6 Å². The van der Waals surface area contributed by atoms with Crippen molar-refractivity contribution in [1.82, 2.24) is 4.98 Å². The third-order valence-electron chi connectivity index (χ3n) is 2.14. The summed E-state index contributed by atoms with van der Waals surface area (Å²) >= 11 is 6.00. The molecular formula is C11H18ClN3. The molecule has 3 nitrogen and oxygen atoms in total. The molecular weight excluding hydrogens is 210 g/mol. The van der Waals surface area contributed by atoms with Gasteiger partial charge in [0.2, 0.25) is 0 Å². The molecule has 0 fully saturated rings. The van der Waals surface area contributed by atoms with E-state index in [2.05, 4.69) is 24.1 Å². The molecule has 0 amide bonds. The van der Waals surface area contributed by atoms with E-state index < -0.39 is 0 Å². The molecule has 4 heteroatoms. The summed E-state index contributed by atoms with van der Waals surface area (Å²) in [6.45, 7) is 4.93. The number of halogens is 1. The predicted molar refractivity (Wildman–Crippen MR) is 65.2 cm³/mol. The Bertz CT molecular complexity index is 302. The highest BCUT2D eigenvalue weighted by Gasteiger charge is 2.10. The van der Waals surface area contributed by atoms with Gasteiger partial charge in [-0.25, -0.2) is 4.98 Å². The summed E-state index contributed by atoms with van der Waals surface area (Å²) in [5.74, 6) is 1.32. The third-order valence-corrected chi connectivity index (χ3v) is 2.44. The van der Waals surface area contributed by atoms with Crippen LogP contribution in [0.2, 0.25) is 5.02 Å². The molecule has 0 spiro atoms. The van der Waals surface area contributed by atoms with Crippen LogP contribution in [0.3, 0.4) is 0 Å². The molecule has 0 radical (unpaired) electrons. The maximum atomic E-state index is 6.00. The van der Waals surface area contributed by atoms with Crippen LogP contribution in [0.4, 0.5) is 5.82 Å². The first-order valence-electron chi connectivity index (χ1n) is 5.20. The van der Waals surface area contributed by atoms with Crippen LogP contribution in [0.5, 0.6) is 0 Å². The summed E-state index contributed by atoms with van der Waals surface area (Å²) in [5, 5.41) is 3.90. The van der Waals surface area contributed by atoms with E-state index in [9.17, 15) is 0 Å². The average Bonchev–Trinajstić information content (AvgIpc) is 2.19. The van der Waals surface area contributed by atoms with Gasteiger partial charge in [0, 0.05) is 18.8 Å². The Labute approximate surface area is 96.0 Å². The lowest BCUT2D eigenvalue weighted by Crippen LogP contribution is -2.30. The van der Waals surface area contributed by atoms with E-state index in [-0.39, 0.29) is 6.04 Å². The van der Waals surface area contributed by atoms with Crippen LogP contribution in [-0.2, 0) is 0 Å². The summed E-state index contributed by atoms with van der Waals surface area (Å²) in [6, 6.07) is 3.87. The zero-order valence-corrected chi connectivity index (χ0v) is 9.96. The number of aromatic nitrogens is 1. The minimum atomic E-state index is 0.234. The molecule has 0 saturated carbocycles. The third kappa shape index (κ3) is 4.06. The fourth-order valence-corrected chi connectivity index (χ4v) is 1.64. The van der Waals surface area contributed by atoms with Gasteiger partial charge >= 0.3 is 0 Å². The van der Waals surface area contributed by atoms with Crippen molar-refractivity contribution in [3.05, 3.63) is 23.4 Å². The van der Waals surface area contributed by atoms with Crippen LogP contribution in [0.1, 0.15) is 20.3 Å². The minimum absolute atomic E-state index is 0.234. The normalized spacial score (nSPS) is 12.9. The van der Waals surface area contributed by atoms with E-state index in [1.165, 1.54) is 0 Å². The highest BCUT2D eigenvalue weighted by molar-refractivity contribution is 6.32. The van der Waals surface area contributed by atoms with E-state index in [1.807, 2.05) is 12.1 Å². The van der Waals surface area contributed by atoms with Gasteiger partial charge in [-0.1, -0.05) is 25.4 Å². The Hall–Kier alpha value is -0.800. The monoisotopic (exact) mass is 227 g/mol. The molecule has 1 rings (SSSR count). The lowest BCUT2D eigenvalue weighted by atomic mass is 10.0. The Morgan fingerprint density at radius 3 is 2.80 bits per heavy atom. The molecule has 1 aromatic rings. The molecule has 15 heavy (non-hydrogen) atoms. The Kier molecular flexibility index (Phi) is 4.85. The first-order valence-corrected chi connectivity index (χ1v) is 5.58. The average molecular weight is 228 g/mol. The van der Waals surface area contributed by atoms with Gasteiger partial charge in [0.1, 0.15) is 5.82 Å². The summed E-state index contributed by atoms with van der Waals surface area (Å²) in [7, 11) is 0. The smallest absolute Gasteiger partial charge is 0.145 e. The van der Waals surface area contributed by atoms with E-state index in [0.717, 1.165) is 12.2 Å². The maximum Gasteiger partial charge on any atom is 0.145 e. The summed E-state index contributed by atoms with van der Waals surface area (Å²) in [4.78, 5) is 4.17. The molecule has 0 aliphatic heterocycles. The van der Waals surface area contributed by atoms with Crippen molar-refractivity contribution >= 4 is 17.4 Å². The van der Waals surface area contributed by atoms with Gasteiger partial charge in [-0.15, -0.1) is 0 Å². The number of anilines is 1. The number of hydrogen-bond donors (Lipinski definition) is 2. The molecule has 1 aromatic heterocycles. The van der Waals surface area contributed by atoms with Crippen molar-refractivity contribution in [2.75, 3.05) is 11.9 Å². The standard InChI is InChI=1S/C11H18ClN3/c1-8(2)6-9(7-13)15-11-10(12)4-3-5-14-11/h3-5,8-9H,6-7,13H2,1-2H3,(H,14,15). The zero-order valence-electron chi connectivity index (χ0n) is 9.20. The van der Waals surface area contributed by atoms with Crippen molar-refractivity contribution in [2.24, 2.45) is 11.7 Å². The highest BCUT2D eigenvalue weighted by Crippen LogP contribution is 2.19. The van der Waals surface area contributed by atoms with Crippen molar-refractivity contribution < 1.29 is 0 Å². The lowest BCUT2D eigenvalue weighted by molar-refractivity contribution is 0.521. The van der Waals surface area contributed by atoms with Gasteiger partial charge in [-0.05, 0) is 24.5 Å². The van der Waals surface area contributed by atoms with Crippen molar-refractivity contribution in [1.29, 1.82) is 0 Å². The lowest BCUT2D eigenvalue weighted by Gasteiger charge is -2.19. The van der Waals surface area contributed by atoms with E-state index in [0.29, 0.717) is 17.5 Å². The summed E-state index contributed by atoms with van der Waals surface area (Å²) < 4.78 is 0. The first-order chi connectivity index (χ1) is 7.13. The number of hydrogen-bond acceptors (Lipinski definition) is 3. The Morgan fingerprint density at radius 2 is 2.27 bits per heavy atom. The highest BCUT2D eigenvalue weighted by atomic mass is 35.5. The van der Waals surface area contributed by atoms with Crippen LogP contribution in [0.15, 0.2) is 18.3 Å². The number of rotatable bonds is 5. The largest absolute Gasteiger partial charge is 0.365 e. The maximum absolute atomic E-state index is 6.00. The molecule has 0 aromatic carbocycles. The van der Waals surface area contributed by atoms with Crippen molar-refractivity contribution in [3.8, 4) is 0 Å². The van der Waals surface area contributed by atoms with Crippen molar-refractivity contribution in [2.45, 2.75) is 26.3 Å². The van der Waals surface area contributed by atoms with Crippen LogP contribution in [-0.4, -0.2) is 17.6 Å². The van der Waals surface area contributed by atoms with Gasteiger partial charge in [-0.3, -0.25) is 0 Å². The van der Waals surface area contributed by atoms with Gasteiger partial charge in [0.25, 0.3) is 0 Å².